The fraction of sp³-hybridized carbons (Fsp3) is 0.591. The van der Waals surface area contributed by atoms with Crippen molar-refractivity contribution in [2.24, 2.45) is 5.92 Å². The van der Waals surface area contributed by atoms with Crippen molar-refractivity contribution in [3.63, 3.8) is 0 Å². The van der Waals surface area contributed by atoms with E-state index in [1.165, 1.54) is 0 Å². The highest BCUT2D eigenvalue weighted by Gasteiger charge is 2.38. The zero-order valence-corrected chi connectivity index (χ0v) is 18.1. The first-order valence-electron chi connectivity index (χ1n) is 10.7. The lowest BCUT2D eigenvalue weighted by molar-refractivity contribution is -0.137. The Labute approximate surface area is 178 Å². The van der Waals surface area contributed by atoms with Crippen LogP contribution in [0.4, 0.5) is 5.69 Å². The van der Waals surface area contributed by atoms with Crippen LogP contribution in [0.25, 0.3) is 0 Å². The first kappa shape index (κ1) is 22.1. The summed E-state index contributed by atoms with van der Waals surface area (Å²) in [5.74, 6) is 0.441. The van der Waals surface area contributed by atoms with Crippen molar-refractivity contribution in [3.05, 3.63) is 24.3 Å². The minimum Gasteiger partial charge on any atom is -0.497 e. The smallest absolute Gasteiger partial charge is 0.234 e. The molecule has 8 nitrogen and oxygen atoms in total. The molecule has 0 radical (unpaired) electrons. The number of nitrogens with zero attached hydrogens (tertiary/aromatic N) is 3. The number of piperazine rings is 1. The van der Waals surface area contributed by atoms with Gasteiger partial charge in [0.1, 0.15) is 5.75 Å². The van der Waals surface area contributed by atoms with Gasteiger partial charge in [-0.3, -0.25) is 19.3 Å². The predicted octanol–water partition coefficient (Wildman–Crippen LogP) is 1.11. The topological polar surface area (TPSA) is 82.2 Å². The predicted molar refractivity (Wildman–Crippen MR) is 114 cm³/mol. The van der Waals surface area contributed by atoms with E-state index in [4.69, 9.17) is 4.74 Å². The Morgan fingerprint density at radius 1 is 1.17 bits per heavy atom. The zero-order chi connectivity index (χ0) is 21.7. The third-order valence-electron chi connectivity index (χ3n) is 5.93. The number of carbonyl (C=O) groups is 3. The second kappa shape index (κ2) is 9.93. The fourth-order valence-electron chi connectivity index (χ4n) is 3.89. The zero-order valence-electron chi connectivity index (χ0n) is 18.1. The monoisotopic (exact) mass is 416 g/mol. The minimum atomic E-state index is -0.320. The molecule has 2 atom stereocenters. The second-order valence-corrected chi connectivity index (χ2v) is 8.08. The van der Waals surface area contributed by atoms with Crippen molar-refractivity contribution in [1.82, 2.24) is 15.1 Å². The van der Waals surface area contributed by atoms with Crippen LogP contribution in [-0.2, 0) is 14.4 Å². The number of ether oxygens (including phenoxy) is 1. The Bertz CT molecular complexity index is 759. The highest BCUT2D eigenvalue weighted by molar-refractivity contribution is 6.00. The van der Waals surface area contributed by atoms with Crippen molar-refractivity contribution in [2.45, 2.75) is 32.7 Å². The molecule has 2 aliphatic heterocycles. The first-order valence-corrected chi connectivity index (χ1v) is 10.7. The summed E-state index contributed by atoms with van der Waals surface area (Å²) in [7, 11) is 1.60. The number of hydrogen-bond donors (Lipinski definition) is 1. The molecule has 2 unspecified atom stereocenters. The maximum atomic E-state index is 13.0. The number of nitrogens with one attached hydrogen (secondary N) is 1. The van der Waals surface area contributed by atoms with Gasteiger partial charge in [0.25, 0.3) is 0 Å². The summed E-state index contributed by atoms with van der Waals surface area (Å²) in [6, 6.07) is 7.48. The average molecular weight is 417 g/mol. The molecule has 164 valence electrons. The van der Waals surface area contributed by atoms with Gasteiger partial charge in [-0.15, -0.1) is 0 Å². The Balaban J connectivity index is 1.49. The third-order valence-corrected chi connectivity index (χ3v) is 5.93. The lowest BCUT2D eigenvalue weighted by Crippen LogP contribution is -2.53. The summed E-state index contributed by atoms with van der Waals surface area (Å²) in [6.07, 6.45) is 1.14. The molecule has 2 fully saturated rings. The van der Waals surface area contributed by atoms with Crippen LogP contribution in [0.15, 0.2) is 24.3 Å². The highest BCUT2D eigenvalue weighted by atomic mass is 16.5. The van der Waals surface area contributed by atoms with Gasteiger partial charge in [0, 0.05) is 50.9 Å². The molecule has 0 bridgehead atoms. The first-order chi connectivity index (χ1) is 14.4. The van der Waals surface area contributed by atoms with Crippen molar-refractivity contribution in [2.75, 3.05) is 51.3 Å². The average Bonchev–Trinajstić information content (AvgIpc) is 3.15. The maximum Gasteiger partial charge on any atom is 0.234 e. The van der Waals surface area contributed by atoms with Gasteiger partial charge in [-0.1, -0.05) is 6.92 Å². The Kier molecular flexibility index (Phi) is 7.31. The summed E-state index contributed by atoms with van der Waals surface area (Å²) < 4.78 is 5.16. The SMILES string of the molecule is CCC(C)NC(=O)CN1CCN(C(=O)C2CC(=O)N(c3ccc(OC)cc3)C2)CC1. The molecular weight excluding hydrogens is 384 g/mol. The third kappa shape index (κ3) is 5.30. The lowest BCUT2D eigenvalue weighted by Gasteiger charge is -2.35. The molecule has 3 rings (SSSR count). The van der Waals surface area contributed by atoms with Gasteiger partial charge in [-0.25, -0.2) is 0 Å². The summed E-state index contributed by atoms with van der Waals surface area (Å²) in [5.41, 5.74) is 0.785. The summed E-state index contributed by atoms with van der Waals surface area (Å²) >= 11 is 0. The van der Waals surface area contributed by atoms with Crippen LogP contribution in [0.5, 0.6) is 5.75 Å². The molecule has 2 saturated heterocycles. The number of methoxy groups -OCH3 is 1. The number of carbonyl (C=O) groups excluding carboxylic acids is 3. The summed E-state index contributed by atoms with van der Waals surface area (Å²) in [4.78, 5) is 43.1. The van der Waals surface area contributed by atoms with Gasteiger partial charge in [0.15, 0.2) is 0 Å². The summed E-state index contributed by atoms with van der Waals surface area (Å²) in [6.45, 7) is 7.31. The van der Waals surface area contributed by atoms with E-state index in [0.717, 1.165) is 17.9 Å². The molecule has 0 spiro atoms. The minimum absolute atomic E-state index is 0.0284. The van der Waals surface area contributed by atoms with E-state index >= 15 is 0 Å². The van der Waals surface area contributed by atoms with E-state index in [9.17, 15) is 14.4 Å². The number of benzene rings is 1. The fourth-order valence-corrected chi connectivity index (χ4v) is 3.89. The van der Waals surface area contributed by atoms with Crippen molar-refractivity contribution < 1.29 is 19.1 Å². The van der Waals surface area contributed by atoms with Gasteiger partial charge >= 0.3 is 0 Å². The van der Waals surface area contributed by atoms with Gasteiger partial charge in [-0.2, -0.15) is 0 Å². The van der Waals surface area contributed by atoms with Crippen molar-refractivity contribution in [3.8, 4) is 5.75 Å². The molecule has 30 heavy (non-hydrogen) atoms. The number of amides is 3. The molecular formula is C22H32N4O4. The largest absolute Gasteiger partial charge is 0.497 e. The molecule has 2 aliphatic rings. The van der Waals surface area contributed by atoms with Crippen molar-refractivity contribution in [1.29, 1.82) is 0 Å². The molecule has 8 heteroatoms. The van der Waals surface area contributed by atoms with Gasteiger partial charge in [0.2, 0.25) is 17.7 Å². The number of hydrogen-bond acceptors (Lipinski definition) is 5. The molecule has 1 N–H and O–H groups in total. The van der Waals surface area contributed by atoms with Gasteiger partial charge in [0.05, 0.1) is 19.6 Å². The van der Waals surface area contributed by atoms with Crippen molar-refractivity contribution >= 4 is 23.4 Å². The van der Waals surface area contributed by atoms with E-state index in [1.807, 2.05) is 43.0 Å². The van der Waals surface area contributed by atoms with E-state index in [2.05, 4.69) is 10.2 Å². The van der Waals surface area contributed by atoms with E-state index < -0.39 is 0 Å². The Morgan fingerprint density at radius 3 is 2.43 bits per heavy atom. The van der Waals surface area contributed by atoms with Gasteiger partial charge < -0.3 is 19.9 Å². The number of rotatable bonds is 7. The Morgan fingerprint density at radius 2 is 1.83 bits per heavy atom. The summed E-state index contributed by atoms with van der Waals surface area (Å²) in [5, 5.41) is 2.98. The molecule has 1 aromatic carbocycles. The van der Waals surface area contributed by atoms with Crippen LogP contribution in [0.2, 0.25) is 0 Å². The van der Waals surface area contributed by atoms with E-state index in [-0.39, 0.29) is 36.1 Å². The van der Waals surface area contributed by atoms with Crippen LogP contribution in [0.1, 0.15) is 26.7 Å². The van der Waals surface area contributed by atoms with Crippen LogP contribution in [0.3, 0.4) is 0 Å². The molecule has 3 amide bonds. The van der Waals surface area contributed by atoms with Gasteiger partial charge in [-0.05, 0) is 37.6 Å². The number of anilines is 1. The van der Waals surface area contributed by atoms with E-state index in [0.29, 0.717) is 39.3 Å². The van der Waals surface area contributed by atoms with Crippen LogP contribution < -0.4 is 15.0 Å². The molecule has 0 aliphatic carbocycles. The molecule has 0 aromatic heterocycles. The Hall–Kier alpha value is -2.61. The van der Waals surface area contributed by atoms with E-state index in [1.54, 1.807) is 12.0 Å². The molecule has 2 heterocycles. The highest BCUT2D eigenvalue weighted by Crippen LogP contribution is 2.28. The second-order valence-electron chi connectivity index (χ2n) is 8.08. The normalized spacial score (nSPS) is 20.9. The van der Waals surface area contributed by atoms with Crippen LogP contribution >= 0.6 is 0 Å². The quantitative estimate of drug-likeness (QED) is 0.720. The standard InChI is InChI=1S/C22H32N4O4/c1-4-16(2)23-20(27)15-24-9-11-25(12-10-24)22(29)17-13-21(28)26(14-17)18-5-7-19(30-3)8-6-18/h5-8,16-17H,4,9-15H2,1-3H3,(H,23,27). The maximum absolute atomic E-state index is 13.0. The van der Waals surface area contributed by atoms with Crippen LogP contribution in [0, 0.1) is 5.92 Å². The lowest BCUT2D eigenvalue weighted by atomic mass is 10.1. The van der Waals surface area contributed by atoms with Crippen LogP contribution in [-0.4, -0.2) is 79.9 Å². The molecule has 0 saturated carbocycles. The molecule has 1 aromatic rings.